The van der Waals surface area contributed by atoms with E-state index in [-0.39, 0.29) is 16.7 Å². The Balaban J connectivity index is 1.96. The summed E-state index contributed by atoms with van der Waals surface area (Å²) in [5, 5.41) is 2.24. The van der Waals surface area contributed by atoms with Gasteiger partial charge in [0, 0.05) is 23.3 Å². The van der Waals surface area contributed by atoms with Crippen LogP contribution < -0.4 is 10.1 Å². The van der Waals surface area contributed by atoms with Gasteiger partial charge in [0.25, 0.3) is 0 Å². The van der Waals surface area contributed by atoms with Crippen LogP contribution in [0.3, 0.4) is 0 Å². The molecule has 5 rings (SSSR count). The molecule has 1 aromatic heterocycles. The normalized spacial score (nSPS) is 12.2. The van der Waals surface area contributed by atoms with Crippen LogP contribution in [0.5, 0.6) is 0 Å². The van der Waals surface area contributed by atoms with Crippen molar-refractivity contribution in [3.8, 4) is 11.1 Å². The molecule has 204 valence electrons. The van der Waals surface area contributed by atoms with Crippen LogP contribution in [0.2, 0.25) is 0 Å². The third-order valence-electron chi connectivity index (χ3n) is 7.92. The average Bonchev–Trinajstić information content (AvgIpc) is 2.88. The quantitative estimate of drug-likeness (QED) is 0.184. The van der Waals surface area contributed by atoms with Crippen molar-refractivity contribution in [1.82, 2.24) is 0 Å². The van der Waals surface area contributed by atoms with Gasteiger partial charge >= 0.3 is 5.91 Å². The highest BCUT2D eigenvalue weighted by Gasteiger charge is 2.29. The van der Waals surface area contributed by atoms with Crippen LogP contribution >= 0.6 is 0 Å². The van der Waals surface area contributed by atoms with E-state index in [1.54, 1.807) is 0 Å². The molecule has 0 saturated heterocycles. The van der Waals surface area contributed by atoms with Gasteiger partial charge in [0.1, 0.15) is 0 Å². The molecule has 4 aromatic carbocycles. The van der Waals surface area contributed by atoms with E-state index >= 15 is 0 Å². The predicted molar refractivity (Wildman–Crippen MR) is 169 cm³/mol. The topological polar surface area (TPSA) is 33.0 Å². The Morgan fingerprint density at radius 2 is 1.10 bits per heavy atom. The van der Waals surface area contributed by atoms with E-state index in [1.807, 2.05) is 35.0 Å². The molecule has 1 amide bonds. The van der Waals surface area contributed by atoms with Crippen molar-refractivity contribution in [2.45, 2.75) is 73.1 Å². The van der Waals surface area contributed by atoms with Gasteiger partial charge in [-0.3, -0.25) is 4.79 Å². The third kappa shape index (κ3) is 5.01. The molecule has 3 heteroatoms. The van der Waals surface area contributed by atoms with Crippen molar-refractivity contribution >= 4 is 27.7 Å². The fourth-order valence-electron chi connectivity index (χ4n) is 5.78. The van der Waals surface area contributed by atoms with Gasteiger partial charge in [-0.1, -0.05) is 94.2 Å². The zero-order valence-corrected chi connectivity index (χ0v) is 25.4. The standard InChI is InChI=1S/C37H40N2O/c1-23-19-24(2)33(25(3)20-23)34-29-17-15-27(36(4,5)6)21-31(29)39(38-35(40)26-13-11-10-12-14-26)32-22-28(37(7,8)9)16-18-30(32)34/h10-22H,1-9H3/p+1. The maximum absolute atomic E-state index is 13.6. The molecule has 5 aromatic rings. The summed E-state index contributed by atoms with van der Waals surface area (Å²) in [6, 6.07) is 27.5. The van der Waals surface area contributed by atoms with Gasteiger partial charge in [0.05, 0.1) is 10.8 Å². The second kappa shape index (κ2) is 9.89. The molecular formula is C37H41N2O+. The number of benzene rings is 4. The first-order chi connectivity index (χ1) is 18.8. The molecule has 40 heavy (non-hydrogen) atoms. The minimum atomic E-state index is -0.133. The number of nitrogens with one attached hydrogen (secondary N) is 1. The van der Waals surface area contributed by atoms with E-state index in [2.05, 4.69) is 116 Å². The fraction of sp³-hybridized carbons (Fsp3) is 0.297. The van der Waals surface area contributed by atoms with Crippen LogP contribution in [-0.2, 0) is 10.8 Å². The number of hydrogen-bond acceptors (Lipinski definition) is 1. The lowest BCUT2D eigenvalue weighted by Gasteiger charge is -2.22. The highest BCUT2D eigenvalue weighted by molar-refractivity contribution is 6.09. The Morgan fingerprint density at radius 1 is 0.625 bits per heavy atom. The van der Waals surface area contributed by atoms with Crippen LogP contribution in [0.4, 0.5) is 0 Å². The minimum absolute atomic E-state index is 0.0481. The number of aryl methyl sites for hydroxylation is 3. The fourth-order valence-corrected chi connectivity index (χ4v) is 5.78. The molecule has 0 spiro atoms. The smallest absolute Gasteiger partial charge is 0.264 e. The Bertz CT molecular complexity index is 1670. The van der Waals surface area contributed by atoms with Crippen LogP contribution in [0.25, 0.3) is 32.9 Å². The lowest BCUT2D eigenvalue weighted by Crippen LogP contribution is -2.50. The first-order valence-electron chi connectivity index (χ1n) is 14.2. The summed E-state index contributed by atoms with van der Waals surface area (Å²) in [6.45, 7) is 20.0. The summed E-state index contributed by atoms with van der Waals surface area (Å²) in [5.74, 6) is -0.133. The van der Waals surface area contributed by atoms with Crippen LogP contribution in [-0.4, -0.2) is 5.91 Å². The number of carbonyl (C=O) groups is 1. The summed E-state index contributed by atoms with van der Waals surface area (Å²) in [6.07, 6.45) is 0. The first kappa shape index (κ1) is 27.6. The molecule has 1 N–H and O–H groups in total. The summed E-state index contributed by atoms with van der Waals surface area (Å²) in [7, 11) is 0. The molecule has 0 aliphatic heterocycles. The number of rotatable bonds is 3. The molecule has 0 bridgehead atoms. The number of amides is 1. The molecule has 0 aliphatic rings. The number of fused-ring (bicyclic) bond motifs is 2. The van der Waals surface area contributed by atoms with Gasteiger partial charge in [-0.2, -0.15) is 0 Å². The van der Waals surface area contributed by atoms with Gasteiger partial charge in [-0.25, -0.2) is 0 Å². The molecule has 0 radical (unpaired) electrons. The molecule has 0 saturated carbocycles. The van der Waals surface area contributed by atoms with E-state index in [0.29, 0.717) is 5.56 Å². The summed E-state index contributed by atoms with van der Waals surface area (Å²) in [4.78, 5) is 13.6. The van der Waals surface area contributed by atoms with Crippen molar-refractivity contribution < 1.29 is 9.47 Å². The lowest BCUT2D eigenvalue weighted by molar-refractivity contribution is -0.586. The Hall–Kier alpha value is -3.98. The second-order valence-electron chi connectivity index (χ2n) is 13.3. The molecule has 0 unspecified atom stereocenters. The van der Waals surface area contributed by atoms with Crippen LogP contribution in [0.15, 0.2) is 78.9 Å². The highest BCUT2D eigenvalue weighted by atomic mass is 16.2. The largest absolute Gasteiger partial charge is 0.305 e. The van der Waals surface area contributed by atoms with Crippen LogP contribution in [0.1, 0.15) is 79.7 Å². The minimum Gasteiger partial charge on any atom is -0.264 e. The number of nitrogens with zero attached hydrogens (tertiary/aromatic N) is 1. The Kier molecular flexibility index (Phi) is 6.82. The summed E-state index contributed by atoms with van der Waals surface area (Å²) >= 11 is 0. The van der Waals surface area contributed by atoms with E-state index in [9.17, 15) is 4.79 Å². The van der Waals surface area contributed by atoms with Crippen molar-refractivity contribution in [1.29, 1.82) is 0 Å². The Morgan fingerprint density at radius 3 is 1.55 bits per heavy atom. The van der Waals surface area contributed by atoms with Gasteiger partial charge in [-0.05, 0) is 83.7 Å². The van der Waals surface area contributed by atoms with Gasteiger partial charge < -0.3 is 0 Å². The van der Waals surface area contributed by atoms with Crippen LogP contribution in [0, 0.1) is 20.8 Å². The van der Waals surface area contributed by atoms with Crippen molar-refractivity contribution in [3.63, 3.8) is 0 Å². The zero-order chi connectivity index (χ0) is 29.0. The van der Waals surface area contributed by atoms with E-state index in [0.717, 1.165) is 21.8 Å². The average molecular weight is 530 g/mol. The van der Waals surface area contributed by atoms with Gasteiger partial charge in [0.15, 0.2) is 0 Å². The van der Waals surface area contributed by atoms with E-state index in [4.69, 9.17) is 0 Å². The maximum Gasteiger partial charge on any atom is 0.305 e. The van der Waals surface area contributed by atoms with E-state index in [1.165, 1.54) is 38.9 Å². The van der Waals surface area contributed by atoms with E-state index < -0.39 is 0 Å². The van der Waals surface area contributed by atoms with Crippen molar-refractivity contribution in [2.24, 2.45) is 0 Å². The molecular weight excluding hydrogens is 488 g/mol. The summed E-state index contributed by atoms with van der Waals surface area (Å²) in [5.41, 5.74) is 14.5. The highest BCUT2D eigenvalue weighted by Crippen LogP contribution is 2.40. The first-order valence-corrected chi connectivity index (χ1v) is 14.2. The van der Waals surface area contributed by atoms with Crippen molar-refractivity contribution in [3.05, 3.63) is 112 Å². The Labute approximate surface area is 238 Å². The number of carbonyl (C=O) groups excluding carboxylic acids is 1. The maximum atomic E-state index is 13.6. The molecule has 0 fully saturated rings. The van der Waals surface area contributed by atoms with Gasteiger partial charge in [-0.15, -0.1) is 5.43 Å². The molecule has 0 aliphatic carbocycles. The molecule has 0 atom stereocenters. The zero-order valence-electron chi connectivity index (χ0n) is 25.4. The number of pyridine rings is 1. The second-order valence-corrected chi connectivity index (χ2v) is 13.3. The predicted octanol–water partition coefficient (Wildman–Crippen LogP) is 8.85. The van der Waals surface area contributed by atoms with Gasteiger partial charge in [0.2, 0.25) is 11.0 Å². The third-order valence-corrected chi connectivity index (χ3v) is 7.92. The molecule has 3 nitrogen and oxygen atoms in total. The number of aromatic nitrogens is 1. The molecule has 1 heterocycles. The number of hydrogen-bond donors (Lipinski definition) is 1. The monoisotopic (exact) mass is 529 g/mol. The lowest BCUT2D eigenvalue weighted by atomic mass is 9.83. The summed E-state index contributed by atoms with van der Waals surface area (Å²) < 4.78 is 2.02. The SMILES string of the molecule is Cc1cc(C)c(-c2c3ccc(C(C)(C)C)cc3[n+](NC(=O)c3ccccc3)c3cc(C(C)(C)C)ccc23)c(C)c1. The van der Waals surface area contributed by atoms with Crippen molar-refractivity contribution in [2.75, 3.05) is 5.43 Å².